The summed E-state index contributed by atoms with van der Waals surface area (Å²) in [7, 11) is 4.30. The van der Waals surface area contributed by atoms with E-state index < -0.39 is 43.9 Å². The largest absolute Gasteiger partial charge is 0.504 e. The number of aromatic hydroxyl groups is 2. The van der Waals surface area contributed by atoms with Crippen LogP contribution in [0.2, 0.25) is 0 Å². The summed E-state index contributed by atoms with van der Waals surface area (Å²) < 4.78 is 22.9. The molecule has 2 aromatic rings. The third-order valence-corrected chi connectivity index (χ3v) is 15.0. The number of hydrogen-bond acceptors (Lipinski definition) is 15. The molecule has 2 saturated carbocycles. The van der Waals surface area contributed by atoms with Crippen LogP contribution in [0.25, 0.3) is 0 Å². The van der Waals surface area contributed by atoms with E-state index in [0.29, 0.717) is 49.1 Å². The summed E-state index contributed by atoms with van der Waals surface area (Å²) in [5, 5.41) is 87.7. The number of aliphatic hydroxyl groups excluding tert-OH is 6. The fourth-order valence-electron chi connectivity index (χ4n) is 9.32. The van der Waals surface area contributed by atoms with Gasteiger partial charge >= 0.3 is 0 Å². The van der Waals surface area contributed by atoms with Crippen LogP contribution in [-0.2, 0) is 17.6 Å². The maximum absolute atomic E-state index is 11.7. The molecule has 5 rings (SSSR count). The van der Waals surface area contributed by atoms with Crippen molar-refractivity contribution in [1.82, 2.24) is 5.32 Å². The van der Waals surface area contributed by atoms with Gasteiger partial charge in [-0.05, 0) is 123 Å². The first-order valence-electron chi connectivity index (χ1n) is 20.0. The van der Waals surface area contributed by atoms with E-state index in [1.807, 2.05) is 6.07 Å². The lowest BCUT2D eigenvalue weighted by Crippen LogP contribution is -2.38. The molecule has 1 heterocycles. The van der Waals surface area contributed by atoms with Crippen LogP contribution in [0.3, 0.4) is 0 Å². The minimum Gasteiger partial charge on any atom is -0.504 e. The molecule has 1 aliphatic heterocycles. The molecule has 3 aliphatic rings. The lowest BCUT2D eigenvalue weighted by molar-refractivity contribution is -0.0808. The van der Waals surface area contributed by atoms with Crippen LogP contribution in [0.4, 0.5) is 0 Å². The number of phenols is 2. The first-order chi connectivity index (χ1) is 26.9. The Bertz CT molecular complexity index is 1540. The van der Waals surface area contributed by atoms with E-state index in [2.05, 4.69) is 12.2 Å². The molecule has 0 bridgehead atoms. The van der Waals surface area contributed by atoms with Crippen molar-refractivity contribution in [3.8, 4) is 28.7 Å². The van der Waals surface area contributed by atoms with Crippen molar-refractivity contribution < 1.29 is 59.8 Å². The second-order valence-corrected chi connectivity index (χ2v) is 18.5. The van der Waals surface area contributed by atoms with Gasteiger partial charge in [0, 0.05) is 36.1 Å². The van der Waals surface area contributed by atoms with Crippen LogP contribution in [-0.4, -0.2) is 117 Å². The molecule has 0 radical (unpaired) electrons. The van der Waals surface area contributed by atoms with Crippen molar-refractivity contribution in [2.75, 3.05) is 39.6 Å². The minimum atomic E-state index is -1.06. The maximum Gasteiger partial charge on any atom is 0.200 e. The smallest absolute Gasteiger partial charge is 0.200 e. The standard InChI is InChI=1S/C41H63NO12S2/c1-4-27-15-28(42-20-24(2)46)18-41(27)9-7-30(19-41)54-36-14-26-5-6-29(52-22-44)16-33(47)32(11-25-12-37(51-3)40(50)38(13-25)53-23-45)35(49)21-55-56-39(8-10-43)31(26)17-34(36)48/h12-14,17,24,27-30,32-33,35,39,42-50H,4-11,15-16,18-23H2,1-3H3/t24-,27+,28-,29-,30-,32-,33+,35-,39-,41-/m0/s1. The van der Waals surface area contributed by atoms with Crippen LogP contribution >= 0.6 is 21.6 Å². The topological polar surface area (TPSA) is 211 Å². The summed E-state index contributed by atoms with van der Waals surface area (Å²) >= 11 is 0. The van der Waals surface area contributed by atoms with Gasteiger partial charge in [0.1, 0.15) is 6.79 Å². The summed E-state index contributed by atoms with van der Waals surface area (Å²) in [5.41, 5.74) is 2.51. The highest BCUT2D eigenvalue weighted by Gasteiger charge is 2.51. The number of phenolic OH excluding ortho intramolecular Hbond substituents is 2. The highest BCUT2D eigenvalue weighted by Crippen LogP contribution is 2.56. The number of fused-ring (bicyclic) bond motifs is 1. The molecule has 56 heavy (non-hydrogen) atoms. The first kappa shape index (κ1) is 44.9. The fourth-order valence-corrected chi connectivity index (χ4v) is 12.2. The predicted octanol–water partition coefficient (Wildman–Crippen LogP) is 4.57. The zero-order valence-electron chi connectivity index (χ0n) is 32.8. The molecule has 0 aromatic heterocycles. The zero-order valence-corrected chi connectivity index (χ0v) is 34.5. The molecule has 0 amide bonds. The molecule has 2 aromatic carbocycles. The number of ether oxygens (including phenoxy) is 4. The summed E-state index contributed by atoms with van der Waals surface area (Å²) in [6.45, 7) is 3.31. The number of rotatable bonds is 15. The molecule has 2 fully saturated rings. The molecular formula is C41H63NO12S2. The normalized spacial score (nSPS) is 30.6. The van der Waals surface area contributed by atoms with E-state index in [4.69, 9.17) is 18.9 Å². The Labute approximate surface area is 338 Å². The highest BCUT2D eigenvalue weighted by molar-refractivity contribution is 8.76. The van der Waals surface area contributed by atoms with Gasteiger partial charge in [-0.3, -0.25) is 0 Å². The lowest BCUT2D eigenvalue weighted by Gasteiger charge is -2.31. The van der Waals surface area contributed by atoms with Gasteiger partial charge in [0.2, 0.25) is 5.75 Å². The number of methoxy groups -OCH3 is 1. The van der Waals surface area contributed by atoms with Gasteiger partial charge < -0.3 is 65.1 Å². The van der Waals surface area contributed by atoms with Crippen molar-refractivity contribution in [3.63, 3.8) is 0 Å². The van der Waals surface area contributed by atoms with Crippen LogP contribution in [0, 0.1) is 17.3 Å². The van der Waals surface area contributed by atoms with Crippen molar-refractivity contribution in [2.45, 2.75) is 126 Å². The molecule has 13 nitrogen and oxygen atoms in total. The minimum absolute atomic E-state index is 0.00380. The van der Waals surface area contributed by atoms with Crippen LogP contribution in [0.1, 0.15) is 93.6 Å². The highest BCUT2D eigenvalue weighted by atomic mass is 33.1. The van der Waals surface area contributed by atoms with Crippen molar-refractivity contribution in [3.05, 3.63) is 41.0 Å². The number of aryl methyl sites for hydroxylation is 1. The second kappa shape index (κ2) is 21.2. The Morgan fingerprint density at radius 1 is 0.946 bits per heavy atom. The van der Waals surface area contributed by atoms with Gasteiger partial charge in [0.25, 0.3) is 0 Å². The summed E-state index contributed by atoms with van der Waals surface area (Å²) in [5.74, 6) is 0.384. The summed E-state index contributed by atoms with van der Waals surface area (Å²) in [6.07, 6.45) is 4.52. The molecule has 0 saturated heterocycles. The quantitative estimate of drug-likeness (QED) is 0.0890. The molecule has 10 atom stereocenters. The number of aliphatic hydroxyl groups is 6. The molecule has 0 unspecified atom stereocenters. The molecular weight excluding hydrogens is 763 g/mol. The first-order valence-corrected chi connectivity index (χ1v) is 22.4. The van der Waals surface area contributed by atoms with E-state index in [-0.39, 0.29) is 65.0 Å². The van der Waals surface area contributed by atoms with Gasteiger partial charge in [0.15, 0.2) is 29.8 Å². The number of benzene rings is 2. The Morgan fingerprint density at radius 3 is 2.43 bits per heavy atom. The molecule has 316 valence electrons. The second-order valence-electron chi connectivity index (χ2n) is 15.9. The van der Waals surface area contributed by atoms with Gasteiger partial charge in [-0.25, -0.2) is 0 Å². The third-order valence-electron chi connectivity index (χ3n) is 12.1. The maximum atomic E-state index is 11.7. The van der Waals surface area contributed by atoms with Crippen LogP contribution < -0.4 is 19.5 Å². The zero-order chi connectivity index (χ0) is 40.4. The Hall–Kier alpha value is -2.18. The van der Waals surface area contributed by atoms with Gasteiger partial charge in [-0.15, -0.1) is 0 Å². The van der Waals surface area contributed by atoms with Gasteiger partial charge in [0.05, 0.1) is 37.6 Å². The Balaban J connectivity index is 1.37. The molecule has 15 heteroatoms. The van der Waals surface area contributed by atoms with E-state index in [1.165, 1.54) is 34.8 Å². The van der Waals surface area contributed by atoms with Crippen molar-refractivity contribution >= 4 is 21.6 Å². The summed E-state index contributed by atoms with van der Waals surface area (Å²) in [4.78, 5) is 0. The SMILES string of the molecule is CC[C@@H]1C[C@H](NC[C@H](C)O)C[C@]12CC[C@H](Oc1cc3c(cc1O)[C@H](CCO)SSC[C@H](O)[C@@H](Cc1cc(OC)c(O)c(OCO)c1)[C@H](O)C[C@@H](OCO)CC3)C2. The average Bonchev–Trinajstić information content (AvgIpc) is 3.74. The predicted molar refractivity (Wildman–Crippen MR) is 216 cm³/mol. The molecule has 1 spiro atoms. The Morgan fingerprint density at radius 2 is 1.73 bits per heavy atom. The van der Waals surface area contributed by atoms with Gasteiger partial charge in [-0.2, -0.15) is 0 Å². The number of nitrogens with one attached hydrogen (secondary N) is 1. The van der Waals surface area contributed by atoms with E-state index in [0.717, 1.165) is 49.7 Å². The Kier molecular flexibility index (Phi) is 17.0. The lowest BCUT2D eigenvalue weighted by atomic mass is 9.75. The van der Waals surface area contributed by atoms with Crippen molar-refractivity contribution in [2.24, 2.45) is 17.3 Å². The molecule has 9 N–H and O–H groups in total. The number of hydrogen-bond donors (Lipinski definition) is 9. The van der Waals surface area contributed by atoms with E-state index >= 15 is 0 Å². The monoisotopic (exact) mass is 825 g/mol. The fraction of sp³-hybridized carbons (Fsp3) is 0.707. The van der Waals surface area contributed by atoms with E-state index in [1.54, 1.807) is 19.1 Å². The van der Waals surface area contributed by atoms with E-state index in [9.17, 15) is 40.9 Å². The summed E-state index contributed by atoms with van der Waals surface area (Å²) in [6, 6.07) is 7.13. The van der Waals surface area contributed by atoms with Gasteiger partial charge in [-0.1, -0.05) is 34.9 Å². The molecule has 2 aliphatic carbocycles. The average molecular weight is 826 g/mol. The van der Waals surface area contributed by atoms with Crippen LogP contribution in [0.15, 0.2) is 24.3 Å². The third kappa shape index (κ3) is 11.3. The van der Waals surface area contributed by atoms with Crippen LogP contribution in [0.5, 0.6) is 28.7 Å². The van der Waals surface area contributed by atoms with Crippen molar-refractivity contribution in [1.29, 1.82) is 0 Å².